The van der Waals surface area contributed by atoms with E-state index in [1.807, 2.05) is 55.5 Å². The van der Waals surface area contributed by atoms with Crippen molar-refractivity contribution in [3.63, 3.8) is 0 Å². The van der Waals surface area contributed by atoms with Gasteiger partial charge in [-0.25, -0.2) is 0 Å². The van der Waals surface area contributed by atoms with Gasteiger partial charge >= 0.3 is 0 Å². The van der Waals surface area contributed by atoms with Crippen molar-refractivity contribution < 1.29 is 14.3 Å². The molecule has 6 heteroatoms. The van der Waals surface area contributed by atoms with Crippen molar-refractivity contribution >= 4 is 24.0 Å². The van der Waals surface area contributed by atoms with Crippen molar-refractivity contribution in [1.82, 2.24) is 0 Å². The van der Waals surface area contributed by atoms with Crippen molar-refractivity contribution in [3.8, 4) is 5.75 Å². The van der Waals surface area contributed by atoms with Crippen LogP contribution in [-0.4, -0.2) is 24.7 Å². The molecule has 0 bridgehead atoms. The maximum Gasteiger partial charge on any atom is 0.253 e. The van der Waals surface area contributed by atoms with Gasteiger partial charge in [-0.2, -0.15) is 0 Å². The fourth-order valence-corrected chi connectivity index (χ4v) is 2.87. The van der Waals surface area contributed by atoms with E-state index in [1.54, 1.807) is 0 Å². The summed E-state index contributed by atoms with van der Waals surface area (Å²) in [5, 5.41) is 2.93. The number of hydrogen-bond acceptors (Lipinski definition) is 4. The molecule has 1 aliphatic heterocycles. The van der Waals surface area contributed by atoms with Gasteiger partial charge in [0.15, 0.2) is 0 Å². The number of hydrogen-bond donors (Lipinski definition) is 2. The second-order valence-electron chi connectivity index (χ2n) is 6.32. The average Bonchev–Trinajstić information content (AvgIpc) is 3.12. The molecule has 1 fully saturated rings. The van der Waals surface area contributed by atoms with E-state index in [2.05, 4.69) is 5.32 Å². The minimum atomic E-state index is -0.447. The topological polar surface area (TPSA) is 73.6 Å². The van der Waals surface area contributed by atoms with Crippen molar-refractivity contribution in [2.45, 2.75) is 38.6 Å². The summed E-state index contributed by atoms with van der Waals surface area (Å²) >= 11 is 0. The Balaban J connectivity index is 0.00000243. The molecule has 0 aliphatic carbocycles. The highest BCUT2D eigenvalue weighted by atomic mass is 35.5. The number of benzene rings is 2. The molecule has 1 heterocycles. The third-order valence-electron chi connectivity index (χ3n) is 4.30. The SMILES string of the molecule is Cc1ccc(NC(=O)[C@@H]2CC[C@H](CN)O2)c(OCc2ccccc2)c1.Cl. The van der Waals surface area contributed by atoms with E-state index in [0.29, 0.717) is 31.0 Å². The standard InChI is InChI=1S/C20H24N2O3.ClH/c1-14-7-9-17(22-20(23)18-10-8-16(12-21)25-18)19(11-14)24-13-15-5-3-2-4-6-15;/h2-7,9,11,16,18H,8,10,12-13,21H2,1H3,(H,22,23);1H/t16-,18+;/m1./s1. The van der Waals surface area contributed by atoms with Crippen LogP contribution in [0.5, 0.6) is 5.75 Å². The van der Waals surface area contributed by atoms with E-state index in [-0.39, 0.29) is 24.4 Å². The summed E-state index contributed by atoms with van der Waals surface area (Å²) in [6.07, 6.45) is 1.04. The minimum Gasteiger partial charge on any atom is -0.487 e. The number of carbonyl (C=O) groups is 1. The summed E-state index contributed by atoms with van der Waals surface area (Å²) in [6.45, 7) is 2.88. The fraction of sp³-hybridized carbons (Fsp3) is 0.350. The number of halogens is 1. The molecule has 1 saturated heterocycles. The maximum absolute atomic E-state index is 12.5. The minimum absolute atomic E-state index is 0. The lowest BCUT2D eigenvalue weighted by Gasteiger charge is -2.16. The van der Waals surface area contributed by atoms with Crippen LogP contribution in [0, 0.1) is 6.92 Å². The lowest BCUT2D eigenvalue weighted by Crippen LogP contribution is -2.30. The Labute approximate surface area is 160 Å². The first-order valence-electron chi connectivity index (χ1n) is 8.59. The highest BCUT2D eigenvalue weighted by Gasteiger charge is 2.30. The molecule has 1 aliphatic rings. The normalized spacial score (nSPS) is 18.8. The van der Waals surface area contributed by atoms with Gasteiger partial charge in [0.1, 0.15) is 18.5 Å². The predicted octanol–water partition coefficient (Wildman–Crippen LogP) is 3.44. The van der Waals surface area contributed by atoms with Crippen LogP contribution in [0.15, 0.2) is 48.5 Å². The Morgan fingerprint density at radius 3 is 2.69 bits per heavy atom. The molecule has 3 rings (SSSR count). The Morgan fingerprint density at radius 2 is 2.00 bits per heavy atom. The van der Waals surface area contributed by atoms with E-state index >= 15 is 0 Å². The number of carbonyl (C=O) groups excluding carboxylic acids is 1. The number of aryl methyl sites for hydroxylation is 1. The molecule has 1 amide bonds. The predicted molar refractivity (Wildman–Crippen MR) is 105 cm³/mol. The summed E-state index contributed by atoms with van der Waals surface area (Å²) in [5.74, 6) is 0.509. The molecule has 3 N–H and O–H groups in total. The quantitative estimate of drug-likeness (QED) is 0.809. The van der Waals surface area contributed by atoms with Crippen LogP contribution in [-0.2, 0) is 16.1 Å². The molecule has 5 nitrogen and oxygen atoms in total. The van der Waals surface area contributed by atoms with Gasteiger partial charge < -0.3 is 20.5 Å². The lowest BCUT2D eigenvalue weighted by molar-refractivity contribution is -0.126. The van der Waals surface area contributed by atoms with E-state index < -0.39 is 6.10 Å². The van der Waals surface area contributed by atoms with Crippen LogP contribution in [0.3, 0.4) is 0 Å². The highest BCUT2D eigenvalue weighted by Crippen LogP contribution is 2.28. The third-order valence-corrected chi connectivity index (χ3v) is 4.30. The number of nitrogens with two attached hydrogens (primary N) is 1. The van der Waals surface area contributed by atoms with Gasteiger partial charge in [-0.05, 0) is 43.0 Å². The monoisotopic (exact) mass is 376 g/mol. The van der Waals surface area contributed by atoms with Gasteiger partial charge in [0, 0.05) is 6.54 Å². The number of anilines is 1. The molecule has 0 radical (unpaired) electrons. The molecule has 0 spiro atoms. The van der Waals surface area contributed by atoms with Gasteiger partial charge in [-0.3, -0.25) is 4.79 Å². The number of amides is 1. The van der Waals surface area contributed by atoms with Gasteiger partial charge in [0.2, 0.25) is 0 Å². The second-order valence-corrected chi connectivity index (χ2v) is 6.32. The van der Waals surface area contributed by atoms with Crippen molar-refractivity contribution in [3.05, 3.63) is 59.7 Å². The van der Waals surface area contributed by atoms with Crippen molar-refractivity contribution in [2.24, 2.45) is 5.73 Å². The Bertz CT molecular complexity index is 724. The Hall–Kier alpha value is -2.08. The Kier molecular flexibility index (Phi) is 7.45. The second kappa shape index (κ2) is 9.57. The van der Waals surface area contributed by atoms with E-state index in [0.717, 1.165) is 17.5 Å². The van der Waals surface area contributed by atoms with E-state index in [1.165, 1.54) is 0 Å². The molecule has 0 saturated carbocycles. The Morgan fingerprint density at radius 1 is 1.23 bits per heavy atom. The number of ether oxygens (including phenoxy) is 2. The zero-order valence-corrected chi connectivity index (χ0v) is 15.6. The average molecular weight is 377 g/mol. The highest BCUT2D eigenvalue weighted by molar-refractivity contribution is 5.95. The van der Waals surface area contributed by atoms with Gasteiger partial charge in [0.05, 0.1) is 11.8 Å². The van der Waals surface area contributed by atoms with Crippen LogP contribution in [0.1, 0.15) is 24.0 Å². The first-order chi connectivity index (χ1) is 12.2. The summed E-state index contributed by atoms with van der Waals surface area (Å²) in [4.78, 5) is 12.5. The van der Waals surface area contributed by atoms with Crippen molar-refractivity contribution in [1.29, 1.82) is 0 Å². The molecular weight excluding hydrogens is 352 g/mol. The van der Waals surface area contributed by atoms with Crippen LogP contribution in [0.2, 0.25) is 0 Å². The van der Waals surface area contributed by atoms with Crippen LogP contribution < -0.4 is 15.8 Å². The zero-order chi connectivity index (χ0) is 17.6. The molecule has 26 heavy (non-hydrogen) atoms. The molecular formula is C20H25ClN2O3. The molecule has 2 aromatic rings. The molecule has 0 aromatic heterocycles. The van der Waals surface area contributed by atoms with Gasteiger partial charge in [-0.15, -0.1) is 12.4 Å². The molecule has 140 valence electrons. The smallest absolute Gasteiger partial charge is 0.253 e. The summed E-state index contributed by atoms with van der Waals surface area (Å²) in [5.41, 5.74) is 8.41. The van der Waals surface area contributed by atoms with Crippen LogP contribution in [0.25, 0.3) is 0 Å². The zero-order valence-electron chi connectivity index (χ0n) is 14.8. The number of nitrogens with one attached hydrogen (secondary N) is 1. The first kappa shape index (κ1) is 20.2. The summed E-state index contributed by atoms with van der Waals surface area (Å²) < 4.78 is 11.6. The van der Waals surface area contributed by atoms with Crippen molar-refractivity contribution in [2.75, 3.05) is 11.9 Å². The van der Waals surface area contributed by atoms with Gasteiger partial charge in [0.25, 0.3) is 5.91 Å². The van der Waals surface area contributed by atoms with Crippen LogP contribution >= 0.6 is 12.4 Å². The molecule has 2 atom stereocenters. The summed E-state index contributed by atoms with van der Waals surface area (Å²) in [7, 11) is 0. The van der Waals surface area contributed by atoms with E-state index in [4.69, 9.17) is 15.2 Å². The van der Waals surface area contributed by atoms with Gasteiger partial charge in [-0.1, -0.05) is 36.4 Å². The summed E-state index contributed by atoms with van der Waals surface area (Å²) in [6, 6.07) is 15.7. The van der Waals surface area contributed by atoms with E-state index in [9.17, 15) is 4.79 Å². The van der Waals surface area contributed by atoms with Crippen LogP contribution in [0.4, 0.5) is 5.69 Å². The number of rotatable bonds is 6. The largest absolute Gasteiger partial charge is 0.487 e. The lowest BCUT2D eigenvalue weighted by atomic mass is 10.1. The molecule has 2 aromatic carbocycles. The fourth-order valence-electron chi connectivity index (χ4n) is 2.87. The molecule has 0 unspecified atom stereocenters. The maximum atomic E-state index is 12.5. The third kappa shape index (κ3) is 5.21. The first-order valence-corrected chi connectivity index (χ1v) is 8.59.